The van der Waals surface area contributed by atoms with Gasteiger partial charge in [0.1, 0.15) is 5.82 Å². The van der Waals surface area contributed by atoms with Crippen molar-refractivity contribution in [2.75, 3.05) is 13.1 Å². The van der Waals surface area contributed by atoms with Crippen molar-refractivity contribution < 1.29 is 0 Å². The van der Waals surface area contributed by atoms with Crippen LogP contribution in [-0.2, 0) is 0 Å². The topological polar surface area (TPSA) is 42.7 Å². The molecule has 1 unspecified atom stereocenters. The molecule has 0 spiro atoms. The van der Waals surface area contributed by atoms with E-state index in [2.05, 4.69) is 32.2 Å². The predicted octanol–water partition coefficient (Wildman–Crippen LogP) is 2.18. The lowest BCUT2D eigenvalue weighted by atomic mass is 10.1. The molecule has 0 amide bonds. The maximum Gasteiger partial charge on any atom is 0.164 e. The lowest BCUT2D eigenvalue weighted by Gasteiger charge is -2.26. The summed E-state index contributed by atoms with van der Waals surface area (Å²) in [6, 6.07) is 10.8. The van der Waals surface area contributed by atoms with Gasteiger partial charge >= 0.3 is 0 Å². The van der Waals surface area contributed by atoms with E-state index >= 15 is 0 Å². The van der Waals surface area contributed by atoms with Crippen molar-refractivity contribution in [1.29, 1.82) is 0 Å². The minimum Gasteiger partial charge on any atom is -0.315 e. The van der Waals surface area contributed by atoms with Crippen molar-refractivity contribution in [2.24, 2.45) is 0 Å². The first-order chi connectivity index (χ1) is 8.86. The second-order valence-corrected chi connectivity index (χ2v) is 4.81. The van der Waals surface area contributed by atoms with E-state index in [4.69, 9.17) is 0 Å². The van der Waals surface area contributed by atoms with Gasteiger partial charge in [0.25, 0.3) is 0 Å². The summed E-state index contributed by atoms with van der Waals surface area (Å²) in [5, 5.41) is 12.1. The summed E-state index contributed by atoms with van der Waals surface area (Å²) in [4.78, 5) is 0. The van der Waals surface area contributed by atoms with Gasteiger partial charge in [-0.05, 0) is 26.3 Å². The number of piperidine rings is 1. The van der Waals surface area contributed by atoms with Crippen LogP contribution in [0.25, 0.3) is 11.4 Å². The fourth-order valence-corrected chi connectivity index (χ4v) is 2.64. The van der Waals surface area contributed by atoms with Gasteiger partial charge < -0.3 is 9.88 Å². The zero-order valence-electron chi connectivity index (χ0n) is 10.6. The van der Waals surface area contributed by atoms with Crippen LogP contribution in [0.2, 0.25) is 0 Å². The Hall–Kier alpha value is -1.68. The average Bonchev–Trinajstić information content (AvgIpc) is 2.83. The number of nitrogens with one attached hydrogen (secondary N) is 1. The van der Waals surface area contributed by atoms with Crippen molar-refractivity contribution in [3.63, 3.8) is 0 Å². The molecule has 0 aliphatic carbocycles. The Morgan fingerprint density at radius 3 is 2.78 bits per heavy atom. The summed E-state index contributed by atoms with van der Waals surface area (Å²) in [5.41, 5.74) is 1.14. The van der Waals surface area contributed by atoms with Crippen molar-refractivity contribution in [1.82, 2.24) is 20.1 Å². The van der Waals surface area contributed by atoms with Gasteiger partial charge in [-0.2, -0.15) is 0 Å². The SMILES string of the molecule is Cc1nnc(-c2ccccc2)n1C1CCCNC1. The Bertz CT molecular complexity index is 512. The number of hydrogen-bond donors (Lipinski definition) is 1. The molecule has 2 aromatic rings. The first kappa shape index (κ1) is 11.4. The Morgan fingerprint density at radius 2 is 2.06 bits per heavy atom. The third kappa shape index (κ3) is 2.04. The van der Waals surface area contributed by atoms with E-state index in [1.54, 1.807) is 0 Å². The van der Waals surface area contributed by atoms with Gasteiger partial charge in [0.2, 0.25) is 0 Å². The van der Waals surface area contributed by atoms with E-state index in [1.807, 2.05) is 25.1 Å². The van der Waals surface area contributed by atoms with E-state index in [9.17, 15) is 0 Å². The number of aryl methyl sites for hydroxylation is 1. The van der Waals surface area contributed by atoms with E-state index in [-0.39, 0.29) is 0 Å². The van der Waals surface area contributed by atoms with E-state index in [1.165, 1.54) is 12.8 Å². The predicted molar refractivity (Wildman–Crippen MR) is 71.3 cm³/mol. The highest BCUT2D eigenvalue weighted by Gasteiger charge is 2.21. The number of aromatic nitrogens is 3. The maximum atomic E-state index is 4.35. The van der Waals surface area contributed by atoms with Crippen LogP contribution in [0.1, 0.15) is 24.7 Å². The second-order valence-electron chi connectivity index (χ2n) is 4.81. The van der Waals surface area contributed by atoms with E-state index < -0.39 is 0 Å². The molecule has 1 N–H and O–H groups in total. The third-order valence-corrected chi connectivity index (χ3v) is 3.53. The first-order valence-corrected chi connectivity index (χ1v) is 6.54. The number of benzene rings is 1. The summed E-state index contributed by atoms with van der Waals surface area (Å²) in [7, 11) is 0. The van der Waals surface area contributed by atoms with Crippen molar-refractivity contribution in [3.8, 4) is 11.4 Å². The molecule has 4 nitrogen and oxygen atoms in total. The Kier molecular flexibility index (Phi) is 3.11. The normalized spacial score (nSPS) is 19.9. The van der Waals surface area contributed by atoms with Gasteiger partial charge in [-0.15, -0.1) is 10.2 Å². The zero-order valence-corrected chi connectivity index (χ0v) is 10.6. The molecule has 0 radical (unpaired) electrons. The van der Waals surface area contributed by atoms with Gasteiger partial charge in [0.05, 0.1) is 0 Å². The molecule has 18 heavy (non-hydrogen) atoms. The molecule has 0 saturated carbocycles. The van der Waals surface area contributed by atoms with Crippen LogP contribution >= 0.6 is 0 Å². The van der Waals surface area contributed by atoms with E-state index in [0.29, 0.717) is 6.04 Å². The number of hydrogen-bond acceptors (Lipinski definition) is 3. The number of rotatable bonds is 2. The standard InChI is InChI=1S/C14H18N4/c1-11-16-17-14(12-6-3-2-4-7-12)18(11)13-8-5-9-15-10-13/h2-4,6-7,13,15H,5,8-10H2,1H3. The highest BCUT2D eigenvalue weighted by atomic mass is 15.3. The summed E-state index contributed by atoms with van der Waals surface area (Å²) < 4.78 is 2.28. The van der Waals surface area contributed by atoms with E-state index in [0.717, 1.165) is 30.3 Å². The third-order valence-electron chi connectivity index (χ3n) is 3.53. The van der Waals surface area contributed by atoms with Crippen molar-refractivity contribution in [3.05, 3.63) is 36.2 Å². The average molecular weight is 242 g/mol. The van der Waals surface area contributed by atoms with Crippen LogP contribution < -0.4 is 5.32 Å². The monoisotopic (exact) mass is 242 g/mol. The largest absolute Gasteiger partial charge is 0.315 e. The fraction of sp³-hybridized carbons (Fsp3) is 0.429. The van der Waals surface area contributed by atoms with Gasteiger partial charge in [-0.3, -0.25) is 0 Å². The second kappa shape index (κ2) is 4.90. The molecular formula is C14H18N4. The molecule has 94 valence electrons. The summed E-state index contributed by atoms with van der Waals surface area (Å²) >= 11 is 0. The van der Waals surface area contributed by atoms with Gasteiger partial charge in [0.15, 0.2) is 5.82 Å². The van der Waals surface area contributed by atoms with Crippen LogP contribution in [-0.4, -0.2) is 27.9 Å². The molecular weight excluding hydrogens is 224 g/mol. The maximum absolute atomic E-state index is 4.35. The molecule has 3 rings (SSSR count). The molecule has 1 aliphatic rings. The van der Waals surface area contributed by atoms with Crippen LogP contribution in [0.5, 0.6) is 0 Å². The zero-order chi connectivity index (χ0) is 12.4. The molecule has 1 fully saturated rings. The van der Waals surface area contributed by atoms with Crippen molar-refractivity contribution >= 4 is 0 Å². The Balaban J connectivity index is 2.01. The Morgan fingerprint density at radius 1 is 1.22 bits per heavy atom. The van der Waals surface area contributed by atoms with Crippen LogP contribution in [0, 0.1) is 6.92 Å². The van der Waals surface area contributed by atoms with Crippen LogP contribution in [0.3, 0.4) is 0 Å². The summed E-state index contributed by atoms with van der Waals surface area (Å²) in [6.45, 7) is 4.17. The first-order valence-electron chi connectivity index (χ1n) is 6.54. The van der Waals surface area contributed by atoms with Gasteiger partial charge in [0, 0.05) is 18.2 Å². The molecule has 1 aliphatic heterocycles. The lowest BCUT2D eigenvalue weighted by molar-refractivity contribution is 0.368. The van der Waals surface area contributed by atoms with Crippen LogP contribution in [0.15, 0.2) is 30.3 Å². The quantitative estimate of drug-likeness (QED) is 0.877. The smallest absolute Gasteiger partial charge is 0.164 e. The minimum absolute atomic E-state index is 0.476. The van der Waals surface area contributed by atoms with Crippen molar-refractivity contribution in [2.45, 2.75) is 25.8 Å². The van der Waals surface area contributed by atoms with Gasteiger partial charge in [-0.1, -0.05) is 30.3 Å². The molecule has 1 aromatic carbocycles. The van der Waals surface area contributed by atoms with Crippen LogP contribution in [0.4, 0.5) is 0 Å². The molecule has 1 atom stereocenters. The highest BCUT2D eigenvalue weighted by Crippen LogP contribution is 2.25. The molecule has 1 saturated heterocycles. The summed E-state index contributed by atoms with van der Waals surface area (Å²) in [5.74, 6) is 1.99. The highest BCUT2D eigenvalue weighted by molar-refractivity contribution is 5.55. The fourth-order valence-electron chi connectivity index (χ4n) is 2.64. The number of nitrogens with zero attached hydrogens (tertiary/aromatic N) is 3. The minimum atomic E-state index is 0.476. The summed E-state index contributed by atoms with van der Waals surface area (Å²) in [6.07, 6.45) is 2.42. The molecule has 0 bridgehead atoms. The lowest BCUT2D eigenvalue weighted by Crippen LogP contribution is -2.32. The van der Waals surface area contributed by atoms with Gasteiger partial charge in [-0.25, -0.2) is 0 Å². The molecule has 2 heterocycles. The molecule has 1 aromatic heterocycles. The molecule has 4 heteroatoms. The Labute approximate surface area is 107 Å².